The van der Waals surface area contributed by atoms with Crippen LogP contribution >= 0.6 is 0 Å². The summed E-state index contributed by atoms with van der Waals surface area (Å²) < 4.78 is 64.3. The van der Waals surface area contributed by atoms with Gasteiger partial charge in [-0.15, -0.1) is 0 Å². The number of hydrogen-bond acceptors (Lipinski definition) is 20. The summed E-state index contributed by atoms with van der Waals surface area (Å²) in [5, 5.41) is 49.0. The van der Waals surface area contributed by atoms with Gasteiger partial charge in [-0.3, -0.25) is 43.2 Å². The van der Waals surface area contributed by atoms with Crippen molar-refractivity contribution in [3.05, 3.63) is 160 Å². The lowest BCUT2D eigenvalue weighted by Crippen LogP contribution is -2.82. The largest absolute Gasteiger partial charge is 0.480 e. The average molecular weight is 1420 g/mol. The molecule has 1 saturated heterocycles. The monoisotopic (exact) mass is 1420 g/mol. The molecule has 0 spiro atoms. The molecule has 0 unspecified atom stereocenters. The van der Waals surface area contributed by atoms with Gasteiger partial charge in [0.15, 0.2) is 35.2 Å². The van der Waals surface area contributed by atoms with Crippen molar-refractivity contribution in [1.29, 1.82) is 0 Å². The summed E-state index contributed by atoms with van der Waals surface area (Å²) in [4.78, 5) is 163. The Morgan fingerprint density at radius 2 is 1.40 bits per heavy atom. The fourth-order valence-electron chi connectivity index (χ4n) is 13.9. The summed E-state index contributed by atoms with van der Waals surface area (Å²) >= 11 is 0. The van der Waals surface area contributed by atoms with Gasteiger partial charge in [-0.1, -0.05) is 86.6 Å². The number of Topliss-reactive ketones (excluding diaryl/α,β-unsaturated/α-hetero) is 1. The lowest BCUT2D eigenvalue weighted by Gasteiger charge is -2.67. The van der Waals surface area contributed by atoms with E-state index in [2.05, 4.69) is 26.6 Å². The number of esters is 4. The number of carboxylic acids is 1. The van der Waals surface area contributed by atoms with Crippen molar-refractivity contribution in [2.45, 2.75) is 172 Å². The number of primary amides is 1. The summed E-state index contributed by atoms with van der Waals surface area (Å²) in [6, 6.07) is 21.2. The summed E-state index contributed by atoms with van der Waals surface area (Å²) in [6.07, 6.45) is -10.0. The van der Waals surface area contributed by atoms with E-state index in [1.807, 2.05) is 0 Å². The number of benzene rings is 4. The van der Waals surface area contributed by atoms with Gasteiger partial charge in [0.05, 0.1) is 42.3 Å². The summed E-state index contributed by atoms with van der Waals surface area (Å²) in [5.74, 6) is -15.1. The second kappa shape index (κ2) is 33.1. The Morgan fingerprint density at radius 3 is 2.00 bits per heavy atom. The molecule has 0 aromatic heterocycles. The Bertz CT molecular complexity index is 3900. The van der Waals surface area contributed by atoms with Gasteiger partial charge in [-0.25, -0.2) is 23.2 Å². The number of nitrogens with two attached hydrogens (primary N) is 1. The number of aliphatic hydroxyl groups is 2. The smallest absolute Gasteiger partial charge is 0.338 e. The third-order valence-corrected chi connectivity index (χ3v) is 19.4. The van der Waals surface area contributed by atoms with Crippen molar-refractivity contribution in [3.8, 4) is 0 Å². The first-order chi connectivity index (χ1) is 48.2. The highest BCUT2D eigenvalue weighted by Crippen LogP contribution is 2.64. The van der Waals surface area contributed by atoms with Crippen LogP contribution in [0.2, 0.25) is 0 Å². The number of fused-ring (bicyclic) bond motifs is 5. The number of rotatable bonds is 30. The van der Waals surface area contributed by atoms with Crippen LogP contribution in [0.15, 0.2) is 126 Å². The third-order valence-electron chi connectivity index (χ3n) is 19.4. The van der Waals surface area contributed by atoms with Crippen molar-refractivity contribution in [3.63, 3.8) is 0 Å². The normalized spacial score (nSPS) is 24.7. The molecule has 4 aromatic rings. The van der Waals surface area contributed by atoms with Crippen LogP contribution in [0, 0.1) is 28.4 Å². The highest BCUT2D eigenvalue weighted by molar-refractivity contribution is 5.98. The fraction of sp³-hybridized carbons (Fsp3) is 0.452. The highest BCUT2D eigenvalue weighted by Gasteiger charge is 2.78. The Balaban J connectivity index is 0.983. The average Bonchev–Trinajstić information content (AvgIpc) is 0.669. The van der Waals surface area contributed by atoms with E-state index < -0.39 is 204 Å². The van der Waals surface area contributed by atoms with Crippen molar-refractivity contribution < 1.29 is 110 Å². The first-order valence-corrected chi connectivity index (χ1v) is 33.2. The van der Waals surface area contributed by atoms with E-state index in [1.165, 1.54) is 71.0 Å². The number of unbranched alkanes of at least 4 members (excludes halogenated alkanes) is 1. The number of ether oxygens (including phenoxy) is 6. The molecule has 1 heterocycles. The van der Waals surface area contributed by atoms with E-state index in [9.17, 15) is 72.0 Å². The van der Waals surface area contributed by atoms with E-state index in [0.717, 1.165) is 32.1 Å². The van der Waals surface area contributed by atoms with E-state index >= 15 is 9.59 Å². The molecule has 1 aliphatic heterocycles. The molecular formula is C73H84F2N6O21. The highest BCUT2D eigenvalue weighted by atomic mass is 19.2. The maximum atomic E-state index is 15.9. The molecule has 4 aromatic carbocycles. The van der Waals surface area contributed by atoms with E-state index in [4.69, 9.17) is 34.2 Å². The molecule has 10 N–H and O–H groups in total. The molecule has 8 rings (SSSR count). The van der Waals surface area contributed by atoms with Crippen molar-refractivity contribution >= 4 is 77.1 Å². The maximum absolute atomic E-state index is 15.9. The van der Waals surface area contributed by atoms with Crippen LogP contribution < -0.4 is 32.3 Å². The van der Waals surface area contributed by atoms with E-state index in [0.29, 0.717) is 5.56 Å². The van der Waals surface area contributed by atoms with Crippen LogP contribution in [0.25, 0.3) is 6.08 Å². The summed E-state index contributed by atoms with van der Waals surface area (Å²) in [7, 11) is 0. The molecule has 2 bridgehead atoms. The third kappa shape index (κ3) is 17.4. The lowest BCUT2D eigenvalue weighted by atomic mass is 9.44. The van der Waals surface area contributed by atoms with Gasteiger partial charge in [0.2, 0.25) is 29.5 Å². The molecule has 29 heteroatoms. The van der Waals surface area contributed by atoms with Crippen LogP contribution in [0.3, 0.4) is 0 Å². The second-order valence-corrected chi connectivity index (χ2v) is 26.5. The number of ketones is 1. The van der Waals surface area contributed by atoms with Crippen LogP contribution in [0.5, 0.6) is 0 Å². The van der Waals surface area contributed by atoms with Crippen LogP contribution in [-0.4, -0.2) is 172 Å². The number of carboxylic acid groups (broad SMARTS) is 1. The Labute approximate surface area is 586 Å². The zero-order valence-corrected chi connectivity index (χ0v) is 57.2. The quantitative estimate of drug-likeness (QED) is 0.0116. The predicted molar refractivity (Wildman–Crippen MR) is 356 cm³/mol. The minimum atomic E-state index is -2.53. The molecule has 4 aliphatic rings. The summed E-state index contributed by atoms with van der Waals surface area (Å²) in [5.41, 5.74) is -2.25. The molecule has 6 amide bonds. The Morgan fingerprint density at radius 1 is 0.755 bits per heavy atom. The zero-order chi connectivity index (χ0) is 74.6. The van der Waals surface area contributed by atoms with Crippen molar-refractivity contribution in [2.24, 2.45) is 22.5 Å². The second-order valence-electron chi connectivity index (χ2n) is 26.5. The molecule has 2 saturated carbocycles. The molecule has 102 heavy (non-hydrogen) atoms. The van der Waals surface area contributed by atoms with Gasteiger partial charge in [0, 0.05) is 63.1 Å². The van der Waals surface area contributed by atoms with E-state index in [-0.39, 0.29) is 66.5 Å². The molecule has 14 atom stereocenters. The van der Waals surface area contributed by atoms with E-state index in [1.54, 1.807) is 66.7 Å². The first kappa shape index (κ1) is 77.6. The lowest BCUT2D eigenvalue weighted by molar-refractivity contribution is -0.346. The summed E-state index contributed by atoms with van der Waals surface area (Å²) in [6.45, 7) is 8.39. The molecule has 546 valence electrons. The van der Waals surface area contributed by atoms with Crippen LogP contribution in [-0.2, 0) is 76.4 Å². The predicted octanol–water partition coefficient (Wildman–Crippen LogP) is 4.25. The maximum Gasteiger partial charge on any atom is 0.338 e. The molecule has 3 fully saturated rings. The van der Waals surface area contributed by atoms with Crippen molar-refractivity contribution in [1.82, 2.24) is 26.6 Å². The molecule has 0 radical (unpaired) electrons. The topological polar surface area (TPSA) is 407 Å². The first-order valence-electron chi connectivity index (χ1n) is 33.2. The molecule has 3 aliphatic carbocycles. The van der Waals surface area contributed by atoms with Gasteiger partial charge in [-0.2, -0.15) is 0 Å². The number of halogens is 2. The number of nitrogens with one attached hydrogen (secondary N) is 5. The standard InChI is InChI=1S/C73H84F2N6O21/c1-39-51(37-73(96)63(101-68(94)46-23-15-10-16-24-46)61-71(7,52(84)36-53-72(61,38-98-53)102-42(4)83)62(88)59(99-41(3)82)57(39)70(73,5)6)100-69(95)60(58(44-19-11-8-12-20-44)81-66(91)45-21-13-9-14-22-45)97-34-32-54(85)77-33-18-17-25-50(67(92)93)79-56(87)31-29-49(64(76)89)80-65(90)40(2)78-55(86)30-27-43-26-28-47(74)48(75)35-43/h8-16,19-24,26-28,30,35,40,49-53,58-61,63,84,96H,17-18,25,29,31-34,36-38H2,1-7H3,(H2,76,89)(H,77,85)(H,78,86)(H,79,87)(H,80,90)(H,81,91)(H,92,93)/b30-27+/t40-,49+,50-,51-,52-,53+,58-,59+,60+,61-,63-,71+,72-,73+/m0/s1. The number of amides is 6. The Hall–Kier alpha value is -10.1. The van der Waals surface area contributed by atoms with Gasteiger partial charge < -0.3 is 76.1 Å². The fourth-order valence-corrected chi connectivity index (χ4v) is 13.9. The minimum Gasteiger partial charge on any atom is -0.480 e. The zero-order valence-electron chi connectivity index (χ0n) is 57.2. The van der Waals surface area contributed by atoms with Gasteiger partial charge >= 0.3 is 29.8 Å². The van der Waals surface area contributed by atoms with Gasteiger partial charge in [0.1, 0.15) is 42.0 Å². The SMILES string of the molecule is CC(=O)O[C@H]1C(=O)[C@@]2(C)[C@H]([C@H](OC(=O)c3ccccc3)[C@]3(O)C[C@H](OC(=O)[C@H](OCCC(=O)NCCCC[C@H](NC(=O)CC[C@@H](NC(=O)[C@H](C)NC(=O)/C=C/c4ccc(F)c(F)c4)C(N)=O)C(=O)O)[C@@H](NC(=O)c4ccccc4)c4ccccc4)C(C)=C1C3(C)C)[C@]1(OC(C)=O)CO[C@@H]1C[C@@H]2O. The minimum absolute atomic E-state index is 0.000463. The Kier molecular flexibility index (Phi) is 25.2. The van der Waals surface area contributed by atoms with Gasteiger partial charge in [-0.05, 0) is 111 Å². The number of hydrogen-bond donors (Lipinski definition) is 9. The number of carbonyl (C=O) groups is 12. The number of aliphatic carboxylic acids is 1. The molecular weight excluding hydrogens is 1330 g/mol. The van der Waals surface area contributed by atoms with Crippen LogP contribution in [0.4, 0.5) is 8.78 Å². The number of aliphatic hydroxyl groups excluding tert-OH is 1. The van der Waals surface area contributed by atoms with Crippen LogP contribution in [0.1, 0.15) is 138 Å². The molecule has 27 nitrogen and oxygen atoms in total. The van der Waals surface area contributed by atoms with Gasteiger partial charge in [0.25, 0.3) is 5.91 Å². The van der Waals surface area contributed by atoms with Crippen molar-refractivity contribution in [2.75, 3.05) is 19.8 Å². The number of carbonyl (C=O) groups excluding carboxylic acids is 11.